The molecule has 0 bridgehead atoms. The fraction of sp³-hybridized carbons (Fsp3) is 0.920. The normalized spacial score (nSPS) is 13.5. The number of quaternary nitrogens is 1. The van der Waals surface area contributed by atoms with Crippen LogP contribution in [0, 0.1) is 0 Å². The fourth-order valence-corrected chi connectivity index (χ4v) is 8.03. The zero-order valence-electron chi connectivity index (χ0n) is 40.2. The highest BCUT2D eigenvalue weighted by Crippen LogP contribution is 2.38. The van der Waals surface area contributed by atoms with Crippen molar-refractivity contribution >= 4 is 19.8 Å². The average Bonchev–Trinajstić information content (AvgIpc) is 3.20. The van der Waals surface area contributed by atoms with E-state index >= 15 is 0 Å². The predicted molar refractivity (Wildman–Crippen MR) is 250 cm³/mol. The Labute approximate surface area is 371 Å². The minimum atomic E-state index is -4.62. The number of carbonyl (C=O) groups excluding carboxylic acids is 2. The summed E-state index contributed by atoms with van der Waals surface area (Å²) in [6.07, 6.45) is 46.6. The number of ether oxygens (including phenoxy) is 2. The summed E-state index contributed by atoms with van der Waals surface area (Å²) >= 11 is 0. The first kappa shape index (κ1) is 58.8. The molecule has 0 aliphatic rings. The van der Waals surface area contributed by atoms with Crippen molar-refractivity contribution in [3.05, 3.63) is 12.2 Å². The van der Waals surface area contributed by atoms with Crippen LogP contribution in [-0.4, -0.2) is 70.0 Å². The van der Waals surface area contributed by atoms with E-state index in [0.717, 1.165) is 38.5 Å². The lowest BCUT2D eigenvalue weighted by molar-refractivity contribution is -0.870. The van der Waals surface area contributed by atoms with E-state index < -0.39 is 26.5 Å². The van der Waals surface area contributed by atoms with Gasteiger partial charge in [0.15, 0.2) is 6.10 Å². The molecule has 0 aromatic rings. The quantitative estimate of drug-likeness (QED) is 0.0195. The molecule has 0 amide bonds. The van der Waals surface area contributed by atoms with E-state index in [-0.39, 0.29) is 32.0 Å². The van der Waals surface area contributed by atoms with E-state index in [4.69, 9.17) is 18.5 Å². The van der Waals surface area contributed by atoms with E-state index in [0.29, 0.717) is 17.4 Å². The van der Waals surface area contributed by atoms with Gasteiger partial charge in [0.2, 0.25) is 0 Å². The highest BCUT2D eigenvalue weighted by molar-refractivity contribution is 7.45. The van der Waals surface area contributed by atoms with E-state index in [1.165, 1.54) is 173 Å². The summed E-state index contributed by atoms with van der Waals surface area (Å²) in [5, 5.41) is 0. The molecule has 10 heteroatoms. The second-order valence-electron chi connectivity index (χ2n) is 18.5. The van der Waals surface area contributed by atoms with Gasteiger partial charge in [-0.25, -0.2) is 0 Å². The third-order valence-electron chi connectivity index (χ3n) is 11.3. The molecule has 0 spiro atoms. The van der Waals surface area contributed by atoms with Crippen molar-refractivity contribution in [2.45, 2.75) is 251 Å². The molecule has 0 N–H and O–H groups in total. The van der Waals surface area contributed by atoms with Crippen LogP contribution in [0.15, 0.2) is 12.2 Å². The zero-order valence-corrected chi connectivity index (χ0v) is 41.1. The lowest BCUT2D eigenvalue weighted by Gasteiger charge is -2.28. The maximum absolute atomic E-state index is 12.7. The van der Waals surface area contributed by atoms with Crippen molar-refractivity contribution in [1.82, 2.24) is 0 Å². The molecule has 60 heavy (non-hydrogen) atoms. The van der Waals surface area contributed by atoms with Crippen molar-refractivity contribution < 1.29 is 42.1 Å². The Bertz CT molecular complexity index is 1030. The van der Waals surface area contributed by atoms with Crippen LogP contribution < -0.4 is 4.89 Å². The molecule has 0 saturated carbocycles. The molecule has 0 aliphatic heterocycles. The lowest BCUT2D eigenvalue weighted by Crippen LogP contribution is -2.37. The lowest BCUT2D eigenvalue weighted by atomic mass is 10.0. The number of allylic oxidation sites excluding steroid dienone is 2. The number of likely N-dealkylation sites (N-methyl/N-ethyl adjacent to an activating group) is 1. The molecule has 0 aromatic carbocycles. The highest BCUT2D eigenvalue weighted by atomic mass is 31.2. The summed E-state index contributed by atoms with van der Waals surface area (Å²) in [5.74, 6) is -0.824. The van der Waals surface area contributed by atoms with Crippen LogP contribution in [-0.2, 0) is 32.7 Å². The van der Waals surface area contributed by atoms with Crippen LogP contribution in [0.4, 0.5) is 0 Å². The molecule has 0 rings (SSSR count). The summed E-state index contributed by atoms with van der Waals surface area (Å²) in [6.45, 7) is 4.27. The molecular weight excluding hydrogens is 774 g/mol. The van der Waals surface area contributed by atoms with Crippen molar-refractivity contribution in [1.29, 1.82) is 0 Å². The molecule has 0 aliphatic carbocycles. The van der Waals surface area contributed by atoms with Gasteiger partial charge in [0.05, 0.1) is 27.7 Å². The summed E-state index contributed by atoms with van der Waals surface area (Å²) in [7, 11) is 1.18. The van der Waals surface area contributed by atoms with Crippen LogP contribution in [0.5, 0.6) is 0 Å². The SMILES string of the molecule is CCCCCCCCCC/C=C\CCCCCCCCCC(=O)OC[C@H](COP(=O)([O-])OCC[N+](C)(C)C)OC(=O)CCCCCCCCCCCCCCCCCCC. The van der Waals surface area contributed by atoms with E-state index in [1.54, 1.807) is 0 Å². The molecule has 0 saturated heterocycles. The molecular formula is C50H98NO8P. The third kappa shape index (κ3) is 46.3. The topological polar surface area (TPSA) is 111 Å². The van der Waals surface area contributed by atoms with Crippen LogP contribution in [0.25, 0.3) is 0 Å². The van der Waals surface area contributed by atoms with Crippen LogP contribution in [0.3, 0.4) is 0 Å². The number of carbonyl (C=O) groups is 2. The average molecular weight is 872 g/mol. The molecule has 0 heterocycles. The predicted octanol–water partition coefficient (Wildman–Crippen LogP) is 14.3. The van der Waals surface area contributed by atoms with E-state index in [9.17, 15) is 19.0 Å². The molecule has 0 aromatic heterocycles. The smallest absolute Gasteiger partial charge is 0.306 e. The van der Waals surface area contributed by atoms with Gasteiger partial charge in [0.25, 0.3) is 7.82 Å². The molecule has 9 nitrogen and oxygen atoms in total. The maximum atomic E-state index is 12.7. The molecule has 2 atom stereocenters. The minimum absolute atomic E-state index is 0.0280. The first-order valence-electron chi connectivity index (χ1n) is 25.4. The monoisotopic (exact) mass is 872 g/mol. The van der Waals surface area contributed by atoms with Crippen LogP contribution >= 0.6 is 7.82 Å². The molecule has 356 valence electrons. The number of unbranched alkanes of at least 4 members (excludes halogenated alkanes) is 31. The fourth-order valence-electron chi connectivity index (χ4n) is 7.30. The van der Waals surface area contributed by atoms with E-state index in [1.807, 2.05) is 21.1 Å². The number of hydrogen-bond donors (Lipinski definition) is 0. The summed E-state index contributed by atoms with van der Waals surface area (Å²) in [6, 6.07) is 0. The Hall–Kier alpha value is -1.25. The number of esters is 2. The van der Waals surface area contributed by atoms with Gasteiger partial charge in [-0.3, -0.25) is 14.2 Å². The summed E-state index contributed by atoms with van der Waals surface area (Å²) in [5.41, 5.74) is 0. The van der Waals surface area contributed by atoms with Gasteiger partial charge in [0, 0.05) is 12.8 Å². The van der Waals surface area contributed by atoms with Gasteiger partial charge in [-0.05, 0) is 38.5 Å². The number of rotatable bonds is 47. The Morgan fingerprint density at radius 3 is 1.23 bits per heavy atom. The molecule has 0 radical (unpaired) electrons. The van der Waals surface area contributed by atoms with Crippen molar-refractivity contribution in [3.8, 4) is 0 Å². The van der Waals surface area contributed by atoms with Crippen molar-refractivity contribution in [3.63, 3.8) is 0 Å². The Morgan fingerprint density at radius 1 is 0.500 bits per heavy atom. The van der Waals surface area contributed by atoms with Gasteiger partial charge >= 0.3 is 11.9 Å². The van der Waals surface area contributed by atoms with Crippen molar-refractivity contribution in [2.24, 2.45) is 0 Å². The second-order valence-corrected chi connectivity index (χ2v) is 20.0. The van der Waals surface area contributed by atoms with Gasteiger partial charge in [0.1, 0.15) is 19.8 Å². The van der Waals surface area contributed by atoms with Crippen LogP contribution in [0.1, 0.15) is 245 Å². The third-order valence-corrected chi connectivity index (χ3v) is 12.2. The number of nitrogens with zero attached hydrogens (tertiary/aromatic N) is 1. The van der Waals surface area contributed by atoms with Crippen LogP contribution in [0.2, 0.25) is 0 Å². The van der Waals surface area contributed by atoms with Gasteiger partial charge in [-0.15, -0.1) is 0 Å². The first-order valence-corrected chi connectivity index (χ1v) is 26.9. The number of phosphoric ester groups is 1. The second kappa shape index (κ2) is 43.0. The molecule has 0 fully saturated rings. The Morgan fingerprint density at radius 2 is 0.850 bits per heavy atom. The summed E-state index contributed by atoms with van der Waals surface area (Å²) < 4.78 is 34.0. The number of phosphoric acid groups is 1. The van der Waals surface area contributed by atoms with Gasteiger partial charge < -0.3 is 27.9 Å². The largest absolute Gasteiger partial charge is 0.756 e. The standard InChI is InChI=1S/C50H98NO8P/c1-6-8-10-12-14-16-18-20-22-24-25-27-28-30-32-34-36-38-40-42-49(52)56-46-48(47-58-60(54,55)57-45-44-51(3,4)5)59-50(53)43-41-39-37-35-33-31-29-26-23-21-19-17-15-13-11-9-7-2/h24-25,48H,6-23,26-47H2,1-5H3/b25-24-/t48-/m1/s1. The zero-order chi connectivity index (χ0) is 44.3. The van der Waals surface area contributed by atoms with Gasteiger partial charge in [-0.2, -0.15) is 0 Å². The first-order chi connectivity index (χ1) is 29.0. The Balaban J connectivity index is 4.23. The number of hydrogen-bond acceptors (Lipinski definition) is 8. The minimum Gasteiger partial charge on any atom is -0.756 e. The van der Waals surface area contributed by atoms with Gasteiger partial charge in [-0.1, -0.05) is 206 Å². The molecule has 1 unspecified atom stereocenters. The maximum Gasteiger partial charge on any atom is 0.306 e. The van der Waals surface area contributed by atoms with Crippen molar-refractivity contribution in [2.75, 3.05) is 47.5 Å². The Kier molecular flexibility index (Phi) is 42.1. The van der Waals surface area contributed by atoms with E-state index in [2.05, 4.69) is 26.0 Å². The highest BCUT2D eigenvalue weighted by Gasteiger charge is 2.21. The summed E-state index contributed by atoms with van der Waals surface area (Å²) in [4.78, 5) is 37.7.